The molecule has 2 unspecified atom stereocenters. The Hall–Kier alpha value is -1.77. The molecule has 0 bridgehead atoms. The number of phosphoric acid groups is 1. The molecule has 9 nitrogen and oxygen atoms in total. The first-order valence-electron chi connectivity index (χ1n) is 20.3. The van der Waals surface area contributed by atoms with Gasteiger partial charge in [0.25, 0.3) is 0 Å². The van der Waals surface area contributed by atoms with Gasteiger partial charge in [-0.25, -0.2) is 4.57 Å². The van der Waals surface area contributed by atoms with Gasteiger partial charge in [0, 0.05) is 19.4 Å². The number of esters is 2. The summed E-state index contributed by atoms with van der Waals surface area (Å²) in [7, 11) is -0.725. The molecular formula is C41H76NO8P. The van der Waals surface area contributed by atoms with Gasteiger partial charge in [-0.1, -0.05) is 140 Å². The maximum atomic E-state index is 12.6. The molecule has 0 aromatic heterocycles. The number of ether oxygens (including phenoxy) is 2. The van der Waals surface area contributed by atoms with Crippen LogP contribution < -0.4 is 0 Å². The second kappa shape index (κ2) is 36.6. The molecule has 0 saturated heterocycles. The van der Waals surface area contributed by atoms with Crippen molar-refractivity contribution in [2.24, 2.45) is 0 Å². The van der Waals surface area contributed by atoms with Gasteiger partial charge in [-0.3, -0.25) is 18.6 Å². The van der Waals surface area contributed by atoms with Crippen molar-refractivity contribution < 1.29 is 37.6 Å². The van der Waals surface area contributed by atoms with Crippen LogP contribution in [0.15, 0.2) is 36.5 Å². The van der Waals surface area contributed by atoms with Crippen LogP contribution in [0.5, 0.6) is 0 Å². The van der Waals surface area contributed by atoms with Gasteiger partial charge in [0.05, 0.1) is 13.2 Å². The van der Waals surface area contributed by atoms with Gasteiger partial charge < -0.3 is 19.3 Å². The maximum Gasteiger partial charge on any atom is 0.472 e. The Morgan fingerprint density at radius 2 is 1.06 bits per heavy atom. The third-order valence-corrected chi connectivity index (χ3v) is 9.43. The Morgan fingerprint density at radius 1 is 0.608 bits per heavy atom. The van der Waals surface area contributed by atoms with Crippen LogP contribution >= 0.6 is 7.82 Å². The second-order valence-electron chi connectivity index (χ2n) is 13.8. The first-order valence-corrected chi connectivity index (χ1v) is 21.8. The van der Waals surface area contributed by atoms with E-state index >= 15 is 0 Å². The monoisotopic (exact) mass is 742 g/mol. The number of hydrogen-bond donors (Lipinski definition) is 1. The topological polar surface area (TPSA) is 112 Å². The minimum Gasteiger partial charge on any atom is -0.462 e. The van der Waals surface area contributed by atoms with Crippen molar-refractivity contribution in [1.29, 1.82) is 0 Å². The summed E-state index contributed by atoms with van der Waals surface area (Å²) in [5.74, 6) is -0.846. The van der Waals surface area contributed by atoms with E-state index in [-0.39, 0.29) is 26.1 Å². The predicted molar refractivity (Wildman–Crippen MR) is 211 cm³/mol. The number of likely N-dealkylation sites (N-methyl/N-ethyl adjacent to an activating group) is 1. The van der Waals surface area contributed by atoms with Crippen LogP contribution in [0.2, 0.25) is 0 Å². The van der Waals surface area contributed by atoms with Crippen molar-refractivity contribution in [3.05, 3.63) is 36.5 Å². The molecule has 0 fully saturated rings. The molecule has 0 rings (SSSR count). The zero-order valence-corrected chi connectivity index (χ0v) is 33.9. The van der Waals surface area contributed by atoms with E-state index in [0.29, 0.717) is 19.4 Å². The molecule has 298 valence electrons. The van der Waals surface area contributed by atoms with Gasteiger partial charge in [0.15, 0.2) is 6.10 Å². The Bertz CT molecular complexity index is 952. The van der Waals surface area contributed by atoms with Crippen LogP contribution in [-0.4, -0.2) is 68.3 Å². The van der Waals surface area contributed by atoms with E-state index in [2.05, 4.69) is 50.3 Å². The molecule has 0 aliphatic carbocycles. The van der Waals surface area contributed by atoms with Crippen molar-refractivity contribution in [3.8, 4) is 0 Å². The third-order valence-electron chi connectivity index (χ3n) is 8.45. The van der Waals surface area contributed by atoms with Crippen molar-refractivity contribution in [2.45, 2.75) is 174 Å². The maximum absolute atomic E-state index is 12.6. The normalized spacial score (nSPS) is 13.8. The van der Waals surface area contributed by atoms with Crippen LogP contribution in [0.4, 0.5) is 0 Å². The van der Waals surface area contributed by atoms with Gasteiger partial charge in [-0.2, -0.15) is 0 Å². The summed E-state index contributed by atoms with van der Waals surface area (Å²) < 4.78 is 33.3. The van der Waals surface area contributed by atoms with Crippen molar-refractivity contribution in [3.63, 3.8) is 0 Å². The zero-order valence-electron chi connectivity index (χ0n) is 33.0. The molecule has 0 radical (unpaired) electrons. The van der Waals surface area contributed by atoms with Crippen LogP contribution in [0.1, 0.15) is 168 Å². The molecule has 2 atom stereocenters. The summed E-state index contributed by atoms with van der Waals surface area (Å²) in [5.41, 5.74) is 0. The largest absolute Gasteiger partial charge is 0.472 e. The highest BCUT2D eigenvalue weighted by molar-refractivity contribution is 7.47. The Balaban J connectivity index is 4.40. The minimum atomic E-state index is -4.36. The third kappa shape index (κ3) is 37.8. The van der Waals surface area contributed by atoms with E-state index in [1.807, 2.05) is 19.0 Å². The van der Waals surface area contributed by atoms with E-state index in [0.717, 1.165) is 44.9 Å². The van der Waals surface area contributed by atoms with Gasteiger partial charge >= 0.3 is 19.8 Å². The average Bonchev–Trinajstić information content (AvgIpc) is 3.09. The summed E-state index contributed by atoms with van der Waals surface area (Å²) in [5, 5.41) is 0. The highest BCUT2D eigenvalue weighted by Crippen LogP contribution is 2.43. The summed E-state index contributed by atoms with van der Waals surface area (Å²) in [6.45, 7) is 4.24. The number of carbonyl (C=O) groups is 2. The van der Waals surface area contributed by atoms with Crippen molar-refractivity contribution in [2.75, 3.05) is 40.5 Å². The zero-order chi connectivity index (χ0) is 37.7. The van der Waals surface area contributed by atoms with E-state index in [1.54, 1.807) is 0 Å². The quantitative estimate of drug-likeness (QED) is 0.0288. The van der Waals surface area contributed by atoms with E-state index in [4.69, 9.17) is 18.5 Å². The molecule has 0 aliphatic rings. The number of rotatable bonds is 37. The van der Waals surface area contributed by atoms with E-state index in [1.165, 1.54) is 83.5 Å². The Kier molecular flexibility index (Phi) is 35.3. The van der Waals surface area contributed by atoms with Crippen LogP contribution in [0, 0.1) is 0 Å². The molecule has 0 amide bonds. The lowest BCUT2D eigenvalue weighted by Gasteiger charge is -2.20. The van der Waals surface area contributed by atoms with Gasteiger partial charge in [-0.15, -0.1) is 0 Å². The van der Waals surface area contributed by atoms with E-state index in [9.17, 15) is 19.0 Å². The Labute approximate surface area is 312 Å². The highest BCUT2D eigenvalue weighted by atomic mass is 31.2. The average molecular weight is 742 g/mol. The molecule has 0 aliphatic heterocycles. The standard InChI is InChI=1S/C41H76NO8P/c1-5-7-9-11-13-15-17-19-20-22-23-25-27-29-31-33-40(43)47-37-39(38-49-51(45,46)48-36-35-42(3)4)50-41(44)34-32-30-28-26-24-21-18-16-14-12-10-8-6-2/h13,15,19-20,23,25,39H,5-12,14,16-18,21-22,24,26-38H2,1-4H3,(H,45,46)/b15-13-,20-19-,25-23-. The summed E-state index contributed by atoms with van der Waals surface area (Å²) in [6, 6.07) is 0. The second-order valence-corrected chi connectivity index (χ2v) is 15.3. The first-order chi connectivity index (χ1) is 24.7. The first kappa shape index (κ1) is 49.2. The molecule has 0 aromatic carbocycles. The predicted octanol–water partition coefficient (Wildman–Crippen LogP) is 11.2. The summed E-state index contributed by atoms with van der Waals surface area (Å²) >= 11 is 0. The highest BCUT2D eigenvalue weighted by Gasteiger charge is 2.26. The SMILES string of the molecule is CCCCC/C=C\C/C=C\C/C=C\CCCCC(=O)OCC(COP(=O)(O)OCCN(C)C)OC(=O)CCCCCCCCCCCCCCC. The fourth-order valence-corrected chi connectivity index (χ4v) is 6.02. The molecule has 0 aromatic rings. The lowest BCUT2D eigenvalue weighted by molar-refractivity contribution is -0.161. The van der Waals surface area contributed by atoms with Crippen LogP contribution in [0.25, 0.3) is 0 Å². The van der Waals surface area contributed by atoms with Gasteiger partial charge in [0.1, 0.15) is 6.61 Å². The van der Waals surface area contributed by atoms with E-state index < -0.39 is 32.5 Å². The van der Waals surface area contributed by atoms with Crippen LogP contribution in [0.3, 0.4) is 0 Å². The molecule has 51 heavy (non-hydrogen) atoms. The number of carbonyl (C=O) groups excluding carboxylic acids is 2. The molecule has 0 saturated carbocycles. The molecule has 0 heterocycles. The van der Waals surface area contributed by atoms with Gasteiger partial charge in [-0.05, 0) is 65.5 Å². The number of unbranched alkanes of at least 4 members (excludes halogenated alkanes) is 17. The molecular weight excluding hydrogens is 665 g/mol. The summed E-state index contributed by atoms with van der Waals surface area (Å²) in [4.78, 5) is 36.9. The number of hydrogen-bond acceptors (Lipinski definition) is 8. The number of nitrogens with zero attached hydrogens (tertiary/aromatic N) is 1. The van der Waals surface area contributed by atoms with Crippen molar-refractivity contribution in [1.82, 2.24) is 4.90 Å². The summed E-state index contributed by atoms with van der Waals surface area (Å²) in [6.07, 6.45) is 37.6. The molecule has 10 heteroatoms. The number of phosphoric ester groups is 1. The lowest BCUT2D eigenvalue weighted by atomic mass is 10.0. The van der Waals surface area contributed by atoms with Crippen molar-refractivity contribution >= 4 is 19.8 Å². The number of allylic oxidation sites excluding steroid dienone is 6. The minimum absolute atomic E-state index is 0.00199. The Morgan fingerprint density at radius 3 is 1.61 bits per heavy atom. The van der Waals surface area contributed by atoms with Crippen LogP contribution in [-0.2, 0) is 32.7 Å². The van der Waals surface area contributed by atoms with Gasteiger partial charge in [0.2, 0.25) is 0 Å². The molecule has 0 spiro atoms. The fraction of sp³-hybridized carbons (Fsp3) is 0.805. The smallest absolute Gasteiger partial charge is 0.462 e. The fourth-order valence-electron chi connectivity index (χ4n) is 5.28. The lowest BCUT2D eigenvalue weighted by Crippen LogP contribution is -2.29. The molecule has 1 N–H and O–H groups in total.